The van der Waals surface area contributed by atoms with Gasteiger partial charge in [0.25, 0.3) is 5.56 Å². The maximum atomic E-state index is 12.3. The fourth-order valence-corrected chi connectivity index (χ4v) is 3.55. The van der Waals surface area contributed by atoms with E-state index in [-0.39, 0.29) is 5.56 Å². The van der Waals surface area contributed by atoms with E-state index in [1.165, 1.54) is 11.3 Å². The zero-order valence-corrected chi connectivity index (χ0v) is 14.7. The molecule has 0 amide bonds. The topological polar surface area (TPSA) is 57.8 Å². The molecule has 1 N–H and O–H groups in total. The molecule has 0 spiro atoms. The van der Waals surface area contributed by atoms with E-state index in [2.05, 4.69) is 9.88 Å². The van der Waals surface area contributed by atoms with Crippen LogP contribution in [-0.2, 0) is 6.54 Å². The van der Waals surface area contributed by atoms with Gasteiger partial charge in [0.1, 0.15) is 0 Å². The maximum Gasteiger partial charge on any atom is 0.259 e. The molecular weight excluding hydrogens is 322 g/mol. The van der Waals surface area contributed by atoms with Crippen molar-refractivity contribution >= 4 is 22.0 Å². The molecule has 0 fully saturated rings. The molecule has 0 radical (unpaired) electrons. The van der Waals surface area contributed by atoms with Gasteiger partial charge in [0.2, 0.25) is 0 Å². The Balaban J connectivity index is 1.93. The van der Waals surface area contributed by atoms with E-state index in [0.717, 1.165) is 11.4 Å². The maximum absolute atomic E-state index is 12.3. The summed E-state index contributed by atoms with van der Waals surface area (Å²) in [6.45, 7) is 4.86. The minimum atomic E-state index is -0.418. The summed E-state index contributed by atoms with van der Waals surface area (Å²) in [6, 6.07) is 11.5. The molecule has 1 atom stereocenters. The number of aliphatic hydroxyl groups excluding tert-OH is 1. The van der Waals surface area contributed by atoms with E-state index in [1.807, 2.05) is 49.6 Å². The summed E-state index contributed by atoms with van der Waals surface area (Å²) in [5, 5.41) is 12.0. The number of aliphatic hydroxyl groups is 1. The number of nitrogens with zero attached hydrogens (tertiary/aromatic N) is 3. The molecule has 6 heteroatoms. The Morgan fingerprint density at radius 2 is 2.08 bits per heavy atom. The van der Waals surface area contributed by atoms with Gasteiger partial charge in [-0.25, -0.2) is 4.98 Å². The van der Waals surface area contributed by atoms with Gasteiger partial charge < -0.3 is 10.0 Å². The lowest BCUT2D eigenvalue weighted by Crippen LogP contribution is -2.32. The molecule has 3 rings (SSSR count). The Hall–Kier alpha value is -2.18. The Kier molecular flexibility index (Phi) is 4.97. The summed E-state index contributed by atoms with van der Waals surface area (Å²) in [5.74, 6) is 0. The molecule has 0 unspecified atom stereocenters. The highest BCUT2D eigenvalue weighted by Gasteiger charge is 2.14. The van der Waals surface area contributed by atoms with E-state index in [4.69, 9.17) is 0 Å². The van der Waals surface area contributed by atoms with Crippen molar-refractivity contribution in [2.75, 3.05) is 11.4 Å². The molecule has 2 aromatic heterocycles. The number of para-hydroxylation sites is 1. The summed E-state index contributed by atoms with van der Waals surface area (Å²) in [5.41, 5.74) is 2.57. The largest absolute Gasteiger partial charge is 0.391 e. The third kappa shape index (κ3) is 3.49. The highest BCUT2D eigenvalue weighted by molar-refractivity contribution is 7.15. The summed E-state index contributed by atoms with van der Waals surface area (Å²) in [6.07, 6.45) is 0.266. The molecule has 0 aliphatic rings. The van der Waals surface area contributed by atoms with Crippen LogP contribution in [0.5, 0.6) is 0 Å². The lowest BCUT2D eigenvalue weighted by molar-refractivity contribution is 0.175. The second-order valence-electron chi connectivity index (χ2n) is 5.86. The van der Waals surface area contributed by atoms with Crippen LogP contribution in [0.25, 0.3) is 4.96 Å². The first kappa shape index (κ1) is 16.7. The predicted molar refractivity (Wildman–Crippen MR) is 97.9 cm³/mol. The zero-order valence-electron chi connectivity index (χ0n) is 13.8. The summed E-state index contributed by atoms with van der Waals surface area (Å²) >= 11 is 1.47. The molecule has 2 heterocycles. The number of thiazole rings is 1. The molecule has 0 bridgehead atoms. The van der Waals surface area contributed by atoms with Gasteiger partial charge in [-0.3, -0.25) is 9.20 Å². The number of aryl methyl sites for hydroxylation is 1. The van der Waals surface area contributed by atoms with E-state index in [0.29, 0.717) is 30.2 Å². The standard InChI is InChI=1S/C18H21N3O2S/c1-3-16(22)11-20(15-7-5-4-6-8-15)10-14-9-17(23)21-13(2)12-24-18(21)19-14/h4-9,12,16,22H,3,10-11H2,1-2H3/t16-/m1/s1. The highest BCUT2D eigenvalue weighted by atomic mass is 32.1. The number of hydrogen-bond acceptors (Lipinski definition) is 5. The minimum Gasteiger partial charge on any atom is -0.391 e. The Bertz CT molecular complexity index is 873. The first-order chi connectivity index (χ1) is 11.6. The summed E-state index contributed by atoms with van der Waals surface area (Å²) in [4.78, 5) is 19.7. The van der Waals surface area contributed by atoms with Crippen molar-refractivity contribution < 1.29 is 5.11 Å². The molecule has 1 aromatic carbocycles. The predicted octanol–water partition coefficient (Wildman–Crippen LogP) is 2.84. The molecule has 126 valence electrons. The third-order valence-electron chi connectivity index (χ3n) is 4.01. The average Bonchev–Trinajstić information content (AvgIpc) is 2.96. The second kappa shape index (κ2) is 7.15. The molecule has 0 aliphatic heterocycles. The number of fused-ring (bicyclic) bond motifs is 1. The zero-order chi connectivity index (χ0) is 17.1. The lowest BCUT2D eigenvalue weighted by atomic mass is 10.2. The smallest absolute Gasteiger partial charge is 0.259 e. The van der Waals surface area contributed by atoms with Crippen molar-refractivity contribution in [2.24, 2.45) is 0 Å². The normalized spacial score (nSPS) is 12.5. The van der Waals surface area contributed by atoms with Crippen LogP contribution >= 0.6 is 11.3 Å². The van der Waals surface area contributed by atoms with Crippen LogP contribution in [0.15, 0.2) is 46.6 Å². The molecule has 0 aliphatic carbocycles. The Morgan fingerprint density at radius 1 is 1.33 bits per heavy atom. The number of anilines is 1. The first-order valence-electron chi connectivity index (χ1n) is 8.03. The van der Waals surface area contributed by atoms with E-state index >= 15 is 0 Å². The first-order valence-corrected chi connectivity index (χ1v) is 8.91. The van der Waals surface area contributed by atoms with Crippen LogP contribution in [0.2, 0.25) is 0 Å². The highest BCUT2D eigenvalue weighted by Crippen LogP contribution is 2.18. The van der Waals surface area contributed by atoms with Gasteiger partial charge in [-0.15, -0.1) is 11.3 Å². The number of rotatable bonds is 6. The summed E-state index contributed by atoms with van der Waals surface area (Å²) in [7, 11) is 0. The van der Waals surface area contributed by atoms with Crippen molar-refractivity contribution in [1.82, 2.24) is 9.38 Å². The van der Waals surface area contributed by atoms with Crippen LogP contribution in [0.1, 0.15) is 24.7 Å². The van der Waals surface area contributed by atoms with Crippen LogP contribution < -0.4 is 10.5 Å². The fourth-order valence-electron chi connectivity index (χ4n) is 2.66. The average molecular weight is 343 g/mol. The monoisotopic (exact) mass is 343 g/mol. The van der Waals surface area contributed by atoms with Crippen LogP contribution in [0, 0.1) is 6.92 Å². The molecule has 0 saturated heterocycles. The lowest BCUT2D eigenvalue weighted by Gasteiger charge is -2.26. The van der Waals surface area contributed by atoms with Gasteiger partial charge in [-0.1, -0.05) is 25.1 Å². The van der Waals surface area contributed by atoms with Gasteiger partial charge in [-0.2, -0.15) is 0 Å². The molecule has 24 heavy (non-hydrogen) atoms. The SMILES string of the molecule is CC[C@@H](O)CN(Cc1cc(=O)n2c(C)csc2n1)c1ccccc1. The van der Waals surface area contributed by atoms with Crippen LogP contribution in [-0.4, -0.2) is 27.1 Å². The summed E-state index contributed by atoms with van der Waals surface area (Å²) < 4.78 is 1.63. The van der Waals surface area contributed by atoms with Crippen molar-refractivity contribution in [3.8, 4) is 0 Å². The van der Waals surface area contributed by atoms with Crippen molar-refractivity contribution in [3.63, 3.8) is 0 Å². The number of hydrogen-bond donors (Lipinski definition) is 1. The Morgan fingerprint density at radius 3 is 2.79 bits per heavy atom. The number of benzene rings is 1. The van der Waals surface area contributed by atoms with E-state index < -0.39 is 6.10 Å². The minimum absolute atomic E-state index is 0.0576. The van der Waals surface area contributed by atoms with Crippen molar-refractivity contribution in [3.05, 3.63) is 63.5 Å². The van der Waals surface area contributed by atoms with E-state index in [9.17, 15) is 9.90 Å². The van der Waals surface area contributed by atoms with Crippen molar-refractivity contribution in [1.29, 1.82) is 0 Å². The van der Waals surface area contributed by atoms with Gasteiger partial charge in [-0.05, 0) is 25.5 Å². The quantitative estimate of drug-likeness (QED) is 0.748. The van der Waals surface area contributed by atoms with Gasteiger partial charge in [0.05, 0.1) is 18.3 Å². The second-order valence-corrected chi connectivity index (χ2v) is 6.70. The third-order valence-corrected chi connectivity index (χ3v) is 4.95. The van der Waals surface area contributed by atoms with Gasteiger partial charge in [0, 0.05) is 29.4 Å². The van der Waals surface area contributed by atoms with Crippen LogP contribution in [0.3, 0.4) is 0 Å². The van der Waals surface area contributed by atoms with Gasteiger partial charge >= 0.3 is 0 Å². The Labute approximate surface area is 144 Å². The molecule has 3 aromatic rings. The van der Waals surface area contributed by atoms with Crippen molar-refractivity contribution in [2.45, 2.75) is 32.9 Å². The van der Waals surface area contributed by atoms with Crippen LogP contribution in [0.4, 0.5) is 5.69 Å². The molecule has 0 saturated carbocycles. The molecular formula is C18H21N3O2S. The number of aromatic nitrogens is 2. The fraction of sp³-hybridized carbons (Fsp3) is 0.333. The molecule has 5 nitrogen and oxygen atoms in total. The van der Waals surface area contributed by atoms with E-state index in [1.54, 1.807) is 10.5 Å². The van der Waals surface area contributed by atoms with Gasteiger partial charge in [0.15, 0.2) is 4.96 Å².